The van der Waals surface area contributed by atoms with E-state index in [1.165, 1.54) is 35.9 Å². The van der Waals surface area contributed by atoms with Crippen LogP contribution in [-0.4, -0.2) is 19.9 Å². The molecule has 0 bridgehead atoms. The van der Waals surface area contributed by atoms with E-state index in [1.54, 1.807) is 0 Å². The summed E-state index contributed by atoms with van der Waals surface area (Å²) in [7, 11) is 0. The first-order valence-electron chi connectivity index (χ1n) is 7.16. The summed E-state index contributed by atoms with van der Waals surface area (Å²) < 4.78 is 80.7. The summed E-state index contributed by atoms with van der Waals surface area (Å²) in [6, 6.07) is 6.90. The lowest BCUT2D eigenvalue weighted by Crippen LogP contribution is -2.09. The number of halogens is 6. The van der Waals surface area contributed by atoms with E-state index < -0.39 is 23.9 Å². The number of hydrogen-bond acceptors (Lipinski definition) is 4. The van der Waals surface area contributed by atoms with Crippen LogP contribution in [0.1, 0.15) is 22.8 Å². The first-order valence-corrected chi connectivity index (χ1v) is 7.16. The zero-order valence-corrected chi connectivity index (χ0v) is 13.1. The average molecular weight is 376 g/mol. The second-order valence-corrected chi connectivity index (χ2v) is 5.44. The van der Waals surface area contributed by atoms with Crippen LogP contribution in [0.3, 0.4) is 0 Å². The smallest absolute Gasteiger partial charge is 0.329 e. The normalized spacial score (nSPS) is 12.6. The number of aromatic nitrogens is 4. The molecule has 0 radical (unpaired) electrons. The molecule has 0 saturated heterocycles. The molecule has 0 amide bonds. The Bertz CT molecular complexity index is 908. The molecule has 0 aliphatic rings. The van der Waals surface area contributed by atoms with Crippen molar-refractivity contribution in [3.05, 3.63) is 53.2 Å². The summed E-state index contributed by atoms with van der Waals surface area (Å²) in [6.07, 6.45) is -9.27. The molecule has 5 nitrogen and oxygen atoms in total. The van der Waals surface area contributed by atoms with Gasteiger partial charge in [-0.2, -0.15) is 36.4 Å². The van der Waals surface area contributed by atoms with Crippen molar-refractivity contribution in [2.45, 2.75) is 25.8 Å². The summed E-state index contributed by atoms with van der Waals surface area (Å²) >= 11 is 0. The van der Waals surface area contributed by atoms with Crippen molar-refractivity contribution in [1.29, 1.82) is 0 Å². The maximum atomic E-state index is 12.7. The molecule has 138 valence electrons. The zero-order chi connectivity index (χ0) is 19.1. The predicted octanol–water partition coefficient (Wildman–Crippen LogP) is 4.33. The van der Waals surface area contributed by atoms with E-state index in [0.717, 1.165) is 6.07 Å². The van der Waals surface area contributed by atoms with Crippen molar-refractivity contribution < 1.29 is 30.9 Å². The Labute approximate surface area is 142 Å². The molecular formula is C15H10F6N4O. The van der Waals surface area contributed by atoms with Crippen molar-refractivity contribution in [2.24, 2.45) is 0 Å². The highest BCUT2D eigenvalue weighted by atomic mass is 19.4. The van der Waals surface area contributed by atoms with E-state index in [1.807, 2.05) is 0 Å². The van der Waals surface area contributed by atoms with Crippen molar-refractivity contribution >= 4 is 0 Å². The first kappa shape index (κ1) is 18.0. The fourth-order valence-corrected chi connectivity index (χ4v) is 2.20. The summed E-state index contributed by atoms with van der Waals surface area (Å²) in [5, 5.41) is 6.78. The molecule has 0 unspecified atom stereocenters. The van der Waals surface area contributed by atoms with Crippen LogP contribution < -0.4 is 0 Å². The zero-order valence-electron chi connectivity index (χ0n) is 13.1. The first-order chi connectivity index (χ1) is 12.0. The average Bonchev–Trinajstić information content (AvgIpc) is 3.15. The molecule has 2 aromatic heterocycles. The third-order valence-corrected chi connectivity index (χ3v) is 3.48. The van der Waals surface area contributed by atoms with Crippen molar-refractivity contribution in [2.75, 3.05) is 0 Å². The number of alkyl halides is 6. The minimum absolute atomic E-state index is 0.0717. The van der Waals surface area contributed by atoms with Gasteiger partial charge >= 0.3 is 18.2 Å². The van der Waals surface area contributed by atoms with E-state index in [2.05, 4.69) is 19.8 Å². The molecule has 3 rings (SSSR count). The SMILES string of the molecule is Cc1cc(C(F)(F)F)nn1Cc1ccc(-c2noc(C(F)(F)F)n2)cc1. The van der Waals surface area contributed by atoms with Crippen molar-refractivity contribution in [1.82, 2.24) is 19.9 Å². The van der Waals surface area contributed by atoms with Crippen LogP contribution in [0, 0.1) is 6.92 Å². The topological polar surface area (TPSA) is 56.7 Å². The molecule has 0 N–H and O–H groups in total. The number of aryl methyl sites for hydroxylation is 1. The van der Waals surface area contributed by atoms with Crippen LogP contribution in [0.2, 0.25) is 0 Å². The molecule has 1 aromatic carbocycles. The fourth-order valence-electron chi connectivity index (χ4n) is 2.20. The highest BCUT2D eigenvalue weighted by Crippen LogP contribution is 2.30. The van der Waals surface area contributed by atoms with Crippen molar-refractivity contribution in [3.63, 3.8) is 0 Å². The summed E-state index contributed by atoms with van der Waals surface area (Å²) in [5.41, 5.74) is 0.224. The van der Waals surface area contributed by atoms with E-state index in [0.29, 0.717) is 11.3 Å². The van der Waals surface area contributed by atoms with Gasteiger partial charge in [0.2, 0.25) is 5.82 Å². The Morgan fingerprint density at radius 1 is 1.00 bits per heavy atom. The molecule has 3 aromatic rings. The van der Waals surface area contributed by atoms with Crippen molar-refractivity contribution in [3.8, 4) is 11.4 Å². The van der Waals surface area contributed by atoms with Gasteiger partial charge in [0.15, 0.2) is 5.69 Å². The maximum Gasteiger partial charge on any atom is 0.471 e. The fraction of sp³-hybridized carbons (Fsp3) is 0.267. The third-order valence-electron chi connectivity index (χ3n) is 3.48. The molecular weight excluding hydrogens is 366 g/mol. The summed E-state index contributed by atoms with van der Waals surface area (Å²) in [6.45, 7) is 1.57. The molecule has 0 aliphatic heterocycles. The van der Waals surface area contributed by atoms with Gasteiger partial charge in [0, 0.05) is 11.3 Å². The lowest BCUT2D eigenvalue weighted by Gasteiger charge is -2.05. The van der Waals surface area contributed by atoms with E-state index in [9.17, 15) is 26.3 Å². The number of hydrogen-bond donors (Lipinski definition) is 0. The maximum absolute atomic E-state index is 12.7. The van der Waals surface area contributed by atoms with Gasteiger partial charge in [0.05, 0.1) is 6.54 Å². The highest BCUT2D eigenvalue weighted by Gasteiger charge is 2.38. The van der Waals surface area contributed by atoms with Crippen LogP contribution in [0.25, 0.3) is 11.4 Å². The largest absolute Gasteiger partial charge is 0.471 e. The van der Waals surface area contributed by atoms with Gasteiger partial charge in [-0.05, 0) is 18.6 Å². The molecule has 26 heavy (non-hydrogen) atoms. The van der Waals surface area contributed by atoms with Gasteiger partial charge in [-0.1, -0.05) is 29.4 Å². The Kier molecular flexibility index (Phi) is 4.24. The lowest BCUT2D eigenvalue weighted by molar-refractivity contribution is -0.159. The van der Waals surface area contributed by atoms with E-state index in [4.69, 9.17) is 0 Å². The summed E-state index contributed by atoms with van der Waals surface area (Å²) in [4.78, 5) is 3.26. The number of nitrogens with zero attached hydrogens (tertiary/aromatic N) is 4. The van der Waals surface area contributed by atoms with Crippen LogP contribution in [-0.2, 0) is 18.9 Å². The minimum atomic E-state index is -4.74. The van der Waals surface area contributed by atoms with E-state index in [-0.39, 0.29) is 17.9 Å². The summed E-state index contributed by atoms with van der Waals surface area (Å²) in [5.74, 6) is -1.69. The van der Waals surface area contributed by atoms with Gasteiger partial charge < -0.3 is 4.52 Å². The van der Waals surface area contributed by atoms with Gasteiger partial charge in [-0.3, -0.25) is 4.68 Å². The van der Waals surface area contributed by atoms with Gasteiger partial charge in [-0.15, -0.1) is 0 Å². The molecule has 0 aliphatic carbocycles. The minimum Gasteiger partial charge on any atom is -0.329 e. The Hall–Kier alpha value is -2.85. The second-order valence-electron chi connectivity index (χ2n) is 5.44. The van der Waals surface area contributed by atoms with Gasteiger partial charge in [0.25, 0.3) is 0 Å². The second kappa shape index (κ2) is 6.15. The van der Waals surface area contributed by atoms with Crippen LogP contribution in [0.15, 0.2) is 34.9 Å². The lowest BCUT2D eigenvalue weighted by atomic mass is 10.1. The third kappa shape index (κ3) is 3.70. The standard InChI is InChI=1S/C15H10F6N4O/c1-8-6-11(14(16,17)18)23-25(8)7-9-2-4-10(5-3-9)12-22-13(26-24-12)15(19,20)21/h2-6H,7H2,1H3. The van der Waals surface area contributed by atoms with Gasteiger partial charge in [-0.25, -0.2) is 0 Å². The predicted molar refractivity (Wildman–Crippen MR) is 75.8 cm³/mol. The van der Waals surface area contributed by atoms with Crippen LogP contribution >= 0.6 is 0 Å². The molecule has 2 heterocycles. The van der Waals surface area contributed by atoms with Crippen LogP contribution in [0.4, 0.5) is 26.3 Å². The monoisotopic (exact) mass is 376 g/mol. The highest BCUT2D eigenvalue weighted by molar-refractivity contribution is 5.54. The Morgan fingerprint density at radius 3 is 2.15 bits per heavy atom. The van der Waals surface area contributed by atoms with Gasteiger partial charge in [0.1, 0.15) is 0 Å². The molecule has 0 atom stereocenters. The van der Waals surface area contributed by atoms with E-state index >= 15 is 0 Å². The Morgan fingerprint density at radius 2 is 1.65 bits per heavy atom. The Balaban J connectivity index is 1.78. The molecule has 0 spiro atoms. The molecule has 11 heteroatoms. The molecule has 0 saturated carbocycles. The van der Waals surface area contributed by atoms with Crippen LogP contribution in [0.5, 0.6) is 0 Å². The number of rotatable bonds is 3. The number of benzene rings is 1. The quantitative estimate of drug-likeness (QED) is 0.639. The molecule has 0 fully saturated rings.